The average Bonchev–Trinajstić information content (AvgIpc) is 3.11. The molecule has 1 amide bonds. The zero-order valence-corrected chi connectivity index (χ0v) is 17.8. The van der Waals surface area contributed by atoms with Gasteiger partial charge in [0.15, 0.2) is 11.6 Å². The van der Waals surface area contributed by atoms with Gasteiger partial charge in [-0.1, -0.05) is 6.07 Å². The number of fused-ring (bicyclic) bond motifs is 1. The number of nitrogens with one attached hydrogen (secondary N) is 1. The molecule has 1 atom stereocenters. The topological polar surface area (TPSA) is 96.7 Å². The van der Waals surface area contributed by atoms with Crippen molar-refractivity contribution in [3.8, 4) is 0 Å². The molecule has 3 rings (SSSR count). The molecular weight excluding hydrogens is 455 g/mol. The van der Waals surface area contributed by atoms with E-state index < -0.39 is 23.8 Å². The lowest BCUT2D eigenvalue weighted by Gasteiger charge is -2.32. The lowest BCUT2D eigenvalue weighted by Crippen LogP contribution is -2.42. The third-order valence-electron chi connectivity index (χ3n) is 4.76. The van der Waals surface area contributed by atoms with Crippen molar-refractivity contribution in [2.45, 2.75) is 25.2 Å². The number of amides is 1. The molecule has 1 aromatic heterocycles. The van der Waals surface area contributed by atoms with Gasteiger partial charge >= 0.3 is 12.1 Å². The first-order valence-electron chi connectivity index (χ1n) is 9.67. The number of hydrogen-bond donors (Lipinski definition) is 2. The maximum absolute atomic E-state index is 13.5. The van der Waals surface area contributed by atoms with Crippen LogP contribution >= 0.6 is 0 Å². The van der Waals surface area contributed by atoms with E-state index in [1.165, 1.54) is 6.07 Å². The molecule has 1 unspecified atom stereocenters. The lowest BCUT2D eigenvalue weighted by molar-refractivity contribution is -0.192. The first-order valence-corrected chi connectivity index (χ1v) is 9.67. The third kappa shape index (κ3) is 7.22. The Labute approximate surface area is 186 Å². The number of aryl methyl sites for hydroxylation is 1. The fraction of sp³-hybridized carbons (Fsp3) is 0.450. The fourth-order valence-electron chi connectivity index (χ4n) is 3.30. The van der Waals surface area contributed by atoms with E-state index in [2.05, 4.69) is 10.3 Å². The third-order valence-corrected chi connectivity index (χ3v) is 4.76. The summed E-state index contributed by atoms with van der Waals surface area (Å²) >= 11 is 0. The van der Waals surface area contributed by atoms with Crippen molar-refractivity contribution in [3.05, 3.63) is 53.1 Å². The van der Waals surface area contributed by atoms with Crippen LogP contribution in [0.3, 0.4) is 0 Å². The molecule has 0 radical (unpaired) electrons. The van der Waals surface area contributed by atoms with Crippen LogP contribution in [0.4, 0.5) is 22.0 Å². The van der Waals surface area contributed by atoms with Gasteiger partial charge in [-0.05, 0) is 17.7 Å². The molecule has 13 heteroatoms. The molecule has 0 saturated carbocycles. The van der Waals surface area contributed by atoms with Crippen molar-refractivity contribution in [1.29, 1.82) is 0 Å². The highest BCUT2D eigenvalue weighted by molar-refractivity contribution is 5.84. The van der Waals surface area contributed by atoms with Gasteiger partial charge in [0.25, 0.3) is 0 Å². The standard InChI is InChI=1S/C18H22F2N4O2.C2HF3O2/c1-23-11-22-16-10-24(8-12-3-4-14(19)15(20)7-12)9-13(17(16)23)18(25)21-5-6-26-2;3-2(4,5)1(6)7/h3-4,7,11,13H,5-6,8-10H2,1-2H3,(H,21,25);(H,6,7). The number of methoxy groups -OCH3 is 1. The molecule has 1 aliphatic rings. The van der Waals surface area contributed by atoms with Crippen molar-refractivity contribution >= 4 is 11.9 Å². The second kappa shape index (κ2) is 11.2. The number of aliphatic carboxylic acids is 1. The van der Waals surface area contributed by atoms with Gasteiger partial charge in [0, 0.05) is 40.3 Å². The molecule has 8 nitrogen and oxygen atoms in total. The van der Waals surface area contributed by atoms with Gasteiger partial charge in [0.2, 0.25) is 5.91 Å². The first kappa shape index (κ1) is 26.2. The van der Waals surface area contributed by atoms with Gasteiger partial charge in [-0.2, -0.15) is 13.2 Å². The van der Waals surface area contributed by atoms with Gasteiger partial charge in [-0.3, -0.25) is 9.69 Å². The Morgan fingerprint density at radius 2 is 1.94 bits per heavy atom. The molecule has 33 heavy (non-hydrogen) atoms. The Morgan fingerprint density at radius 1 is 1.27 bits per heavy atom. The molecule has 0 saturated heterocycles. The Kier molecular flexibility index (Phi) is 8.88. The molecule has 0 spiro atoms. The maximum Gasteiger partial charge on any atom is 0.490 e. The molecule has 0 bridgehead atoms. The number of carboxylic acids is 1. The first-order chi connectivity index (χ1) is 15.4. The Hall–Kier alpha value is -3.06. The van der Waals surface area contributed by atoms with Crippen LogP contribution in [-0.2, 0) is 34.5 Å². The predicted molar refractivity (Wildman–Crippen MR) is 105 cm³/mol. The van der Waals surface area contributed by atoms with Crippen LogP contribution in [0.15, 0.2) is 24.5 Å². The number of rotatable bonds is 6. The average molecular weight is 478 g/mol. The van der Waals surface area contributed by atoms with Crippen LogP contribution in [0, 0.1) is 11.6 Å². The molecule has 1 aliphatic heterocycles. The van der Waals surface area contributed by atoms with Gasteiger partial charge in [-0.25, -0.2) is 18.6 Å². The van der Waals surface area contributed by atoms with E-state index >= 15 is 0 Å². The second-order valence-corrected chi connectivity index (χ2v) is 7.24. The number of carbonyl (C=O) groups excluding carboxylic acids is 1. The minimum atomic E-state index is -5.08. The van der Waals surface area contributed by atoms with Crippen LogP contribution in [-0.4, -0.2) is 64.4 Å². The highest BCUT2D eigenvalue weighted by Gasteiger charge is 2.38. The number of hydrogen-bond acceptors (Lipinski definition) is 5. The number of nitrogens with zero attached hydrogens (tertiary/aromatic N) is 3. The van der Waals surface area contributed by atoms with E-state index in [-0.39, 0.29) is 11.8 Å². The van der Waals surface area contributed by atoms with Crippen LogP contribution in [0.1, 0.15) is 22.9 Å². The largest absolute Gasteiger partial charge is 0.490 e. The second-order valence-electron chi connectivity index (χ2n) is 7.24. The summed E-state index contributed by atoms with van der Waals surface area (Å²) in [5.74, 6) is -4.97. The van der Waals surface area contributed by atoms with E-state index in [1.54, 1.807) is 19.5 Å². The summed E-state index contributed by atoms with van der Waals surface area (Å²) in [5, 5.41) is 10.00. The molecule has 0 aliphatic carbocycles. The van der Waals surface area contributed by atoms with Gasteiger partial charge in [-0.15, -0.1) is 0 Å². The summed E-state index contributed by atoms with van der Waals surface area (Å²) in [6.07, 6.45) is -3.39. The summed E-state index contributed by atoms with van der Waals surface area (Å²) in [5.41, 5.74) is 2.37. The van der Waals surface area contributed by atoms with E-state index in [9.17, 15) is 26.7 Å². The molecule has 2 aromatic rings. The van der Waals surface area contributed by atoms with Crippen LogP contribution in [0.2, 0.25) is 0 Å². The number of imidazole rings is 1. The lowest BCUT2D eigenvalue weighted by atomic mass is 9.96. The number of halogens is 5. The zero-order chi connectivity index (χ0) is 24.8. The zero-order valence-electron chi connectivity index (χ0n) is 17.8. The van der Waals surface area contributed by atoms with Crippen LogP contribution in [0.25, 0.3) is 0 Å². The number of ether oxygens (including phenoxy) is 1. The van der Waals surface area contributed by atoms with E-state index in [4.69, 9.17) is 14.6 Å². The van der Waals surface area contributed by atoms with Gasteiger partial charge in [0.1, 0.15) is 0 Å². The normalized spacial score (nSPS) is 15.9. The monoisotopic (exact) mass is 478 g/mol. The van der Waals surface area contributed by atoms with Gasteiger partial charge in [0.05, 0.1) is 30.2 Å². The van der Waals surface area contributed by atoms with E-state index in [0.717, 1.165) is 17.5 Å². The Bertz CT molecular complexity index is 980. The molecule has 0 fully saturated rings. The van der Waals surface area contributed by atoms with Crippen molar-refractivity contribution in [1.82, 2.24) is 19.8 Å². The molecular formula is C20H23F5N4O4. The predicted octanol–water partition coefficient (Wildman–Crippen LogP) is 2.19. The van der Waals surface area contributed by atoms with Gasteiger partial charge < -0.3 is 19.7 Å². The molecule has 2 N–H and O–H groups in total. The number of aromatic nitrogens is 2. The van der Waals surface area contributed by atoms with Crippen molar-refractivity contribution in [2.75, 3.05) is 26.8 Å². The SMILES string of the molecule is COCCNC(=O)C1CN(Cc2ccc(F)c(F)c2)Cc2ncn(C)c21.O=C(O)C(F)(F)F. The smallest absolute Gasteiger partial charge is 0.475 e. The summed E-state index contributed by atoms with van der Waals surface area (Å²) in [6, 6.07) is 3.87. The minimum absolute atomic E-state index is 0.0955. The Balaban J connectivity index is 0.000000479. The van der Waals surface area contributed by atoms with Crippen LogP contribution in [0.5, 0.6) is 0 Å². The van der Waals surface area contributed by atoms with Crippen molar-refractivity contribution in [2.24, 2.45) is 7.05 Å². The fourth-order valence-corrected chi connectivity index (χ4v) is 3.30. The molecule has 182 valence electrons. The summed E-state index contributed by atoms with van der Waals surface area (Å²) in [4.78, 5) is 27.9. The van der Waals surface area contributed by atoms with Crippen molar-refractivity contribution < 1.29 is 41.4 Å². The molecule has 2 heterocycles. The summed E-state index contributed by atoms with van der Waals surface area (Å²) in [7, 11) is 3.45. The number of carboxylic acid groups (broad SMARTS) is 1. The Morgan fingerprint density at radius 3 is 2.52 bits per heavy atom. The highest BCUT2D eigenvalue weighted by Crippen LogP contribution is 2.28. The minimum Gasteiger partial charge on any atom is -0.475 e. The maximum atomic E-state index is 13.5. The number of benzene rings is 1. The highest BCUT2D eigenvalue weighted by atomic mass is 19.4. The summed E-state index contributed by atoms with van der Waals surface area (Å²) in [6.45, 7) is 2.31. The quantitative estimate of drug-likeness (QED) is 0.488. The van der Waals surface area contributed by atoms with Crippen LogP contribution < -0.4 is 5.32 Å². The van der Waals surface area contributed by atoms with E-state index in [0.29, 0.717) is 38.3 Å². The molecule has 1 aromatic carbocycles. The van der Waals surface area contributed by atoms with Crippen molar-refractivity contribution in [3.63, 3.8) is 0 Å². The van der Waals surface area contributed by atoms with E-state index in [1.807, 2.05) is 16.5 Å². The number of alkyl halides is 3. The number of carbonyl (C=O) groups is 2. The summed E-state index contributed by atoms with van der Waals surface area (Å²) < 4.78 is 65.2.